The fourth-order valence-corrected chi connectivity index (χ4v) is 2.01. The van der Waals surface area contributed by atoms with E-state index in [0.29, 0.717) is 10.8 Å². The highest BCUT2D eigenvalue weighted by atomic mass is 35.5. The Morgan fingerprint density at radius 2 is 1.95 bits per heavy atom. The van der Waals surface area contributed by atoms with E-state index >= 15 is 0 Å². The molecule has 2 aromatic rings. The second-order valence-corrected chi connectivity index (χ2v) is 4.47. The van der Waals surface area contributed by atoms with Crippen molar-refractivity contribution < 1.29 is 9.53 Å². The predicted octanol–water partition coefficient (Wildman–Crippen LogP) is 3.53. The summed E-state index contributed by atoms with van der Waals surface area (Å²) in [6, 6.07) is 14.7. The molecule has 0 aliphatic rings. The van der Waals surface area contributed by atoms with E-state index in [0.717, 1.165) is 11.3 Å². The van der Waals surface area contributed by atoms with Crippen molar-refractivity contribution in [3.63, 3.8) is 0 Å². The van der Waals surface area contributed by atoms with E-state index in [1.54, 1.807) is 19.2 Å². The number of halogens is 1. The van der Waals surface area contributed by atoms with Gasteiger partial charge in [-0.1, -0.05) is 35.9 Å². The van der Waals surface area contributed by atoms with Crippen molar-refractivity contribution in [2.45, 2.75) is 6.42 Å². The topological polar surface area (TPSA) is 38.3 Å². The van der Waals surface area contributed by atoms with Gasteiger partial charge in [-0.25, -0.2) is 0 Å². The minimum Gasteiger partial charge on any atom is -0.495 e. The Hall–Kier alpha value is -2.00. The summed E-state index contributed by atoms with van der Waals surface area (Å²) in [4.78, 5) is 11.9. The molecule has 1 N–H and O–H groups in total. The van der Waals surface area contributed by atoms with E-state index in [4.69, 9.17) is 16.3 Å². The van der Waals surface area contributed by atoms with Crippen molar-refractivity contribution in [3.05, 3.63) is 59.1 Å². The summed E-state index contributed by atoms with van der Waals surface area (Å²) in [5.41, 5.74) is 1.63. The van der Waals surface area contributed by atoms with Gasteiger partial charge in [0.2, 0.25) is 5.91 Å². The number of hydrogen-bond donors (Lipinski definition) is 1. The lowest BCUT2D eigenvalue weighted by Gasteiger charge is -2.07. The number of hydrogen-bond acceptors (Lipinski definition) is 2. The van der Waals surface area contributed by atoms with Crippen LogP contribution in [0, 0.1) is 0 Å². The molecule has 0 heterocycles. The van der Waals surface area contributed by atoms with Crippen LogP contribution >= 0.6 is 11.6 Å². The second-order valence-electron chi connectivity index (χ2n) is 4.06. The number of nitrogens with one attached hydrogen (secondary N) is 1. The van der Waals surface area contributed by atoms with E-state index in [1.165, 1.54) is 0 Å². The van der Waals surface area contributed by atoms with Crippen LogP contribution in [0.25, 0.3) is 0 Å². The maximum absolute atomic E-state index is 11.9. The van der Waals surface area contributed by atoms with Crippen LogP contribution in [0.4, 0.5) is 5.69 Å². The van der Waals surface area contributed by atoms with E-state index in [2.05, 4.69) is 5.32 Å². The van der Waals surface area contributed by atoms with E-state index in [1.807, 2.05) is 36.4 Å². The molecule has 0 spiro atoms. The first kappa shape index (κ1) is 13.4. The van der Waals surface area contributed by atoms with Gasteiger partial charge >= 0.3 is 0 Å². The maximum atomic E-state index is 11.9. The number of methoxy groups -OCH3 is 1. The van der Waals surface area contributed by atoms with Gasteiger partial charge in [0.15, 0.2) is 0 Å². The Kier molecular flexibility index (Phi) is 4.42. The number of anilines is 1. The summed E-state index contributed by atoms with van der Waals surface area (Å²) in [5, 5.41) is 3.33. The van der Waals surface area contributed by atoms with Gasteiger partial charge in [0.25, 0.3) is 0 Å². The molecule has 0 aromatic heterocycles. The molecule has 0 aliphatic carbocycles. The fourth-order valence-electron chi connectivity index (χ4n) is 1.73. The lowest BCUT2D eigenvalue weighted by molar-refractivity contribution is -0.115. The molecular weight excluding hydrogens is 262 g/mol. The van der Waals surface area contributed by atoms with Gasteiger partial charge in [-0.05, 0) is 29.8 Å². The van der Waals surface area contributed by atoms with Crippen LogP contribution in [0.1, 0.15) is 5.56 Å². The minimum atomic E-state index is -0.0765. The molecule has 0 radical (unpaired) electrons. The zero-order chi connectivity index (χ0) is 13.7. The summed E-state index contributed by atoms with van der Waals surface area (Å²) < 4.78 is 5.07. The predicted molar refractivity (Wildman–Crippen MR) is 76.8 cm³/mol. The number of rotatable bonds is 4. The van der Waals surface area contributed by atoms with Crippen LogP contribution in [0.2, 0.25) is 5.02 Å². The molecule has 98 valence electrons. The third kappa shape index (κ3) is 3.73. The van der Waals surface area contributed by atoms with Gasteiger partial charge in [0, 0.05) is 5.69 Å². The third-order valence-corrected chi connectivity index (χ3v) is 2.93. The number of ether oxygens (including phenoxy) is 1. The zero-order valence-corrected chi connectivity index (χ0v) is 11.3. The minimum absolute atomic E-state index is 0.0765. The lowest BCUT2D eigenvalue weighted by atomic mass is 10.1. The largest absolute Gasteiger partial charge is 0.495 e. The van der Waals surface area contributed by atoms with Crippen molar-refractivity contribution >= 4 is 23.2 Å². The van der Waals surface area contributed by atoms with Crippen LogP contribution in [0.15, 0.2) is 48.5 Å². The summed E-state index contributed by atoms with van der Waals surface area (Å²) in [6.45, 7) is 0. The van der Waals surface area contributed by atoms with E-state index in [9.17, 15) is 4.79 Å². The number of para-hydroxylation sites is 1. The number of carbonyl (C=O) groups is 1. The van der Waals surface area contributed by atoms with Gasteiger partial charge in [0.1, 0.15) is 5.75 Å². The zero-order valence-electron chi connectivity index (χ0n) is 10.5. The molecule has 4 heteroatoms. The highest BCUT2D eigenvalue weighted by Crippen LogP contribution is 2.25. The Morgan fingerprint density at radius 3 is 2.58 bits per heavy atom. The Bertz CT molecular complexity index is 570. The standard InChI is InChI=1S/C15H14ClNO2/c1-19-14-8-7-11(9-13(14)16)10-15(18)17-12-5-3-2-4-6-12/h2-9H,10H2,1H3,(H,17,18). The van der Waals surface area contributed by atoms with Crippen LogP contribution in [0.5, 0.6) is 5.75 Å². The Labute approximate surface area is 117 Å². The van der Waals surface area contributed by atoms with Crippen LogP contribution in [-0.2, 0) is 11.2 Å². The number of benzene rings is 2. The van der Waals surface area contributed by atoms with E-state index in [-0.39, 0.29) is 12.3 Å². The molecule has 0 saturated carbocycles. The van der Waals surface area contributed by atoms with Crippen LogP contribution < -0.4 is 10.1 Å². The molecule has 3 nitrogen and oxygen atoms in total. The molecule has 2 rings (SSSR count). The van der Waals surface area contributed by atoms with Gasteiger partial charge in [-0.15, -0.1) is 0 Å². The molecule has 19 heavy (non-hydrogen) atoms. The van der Waals surface area contributed by atoms with Crippen molar-refractivity contribution in [2.75, 3.05) is 12.4 Å². The highest BCUT2D eigenvalue weighted by molar-refractivity contribution is 6.32. The highest BCUT2D eigenvalue weighted by Gasteiger charge is 2.07. The molecule has 0 bridgehead atoms. The van der Waals surface area contributed by atoms with Crippen LogP contribution in [-0.4, -0.2) is 13.0 Å². The average molecular weight is 276 g/mol. The SMILES string of the molecule is COc1ccc(CC(=O)Nc2ccccc2)cc1Cl. The molecule has 0 fully saturated rings. The Morgan fingerprint density at radius 1 is 1.21 bits per heavy atom. The summed E-state index contributed by atoms with van der Waals surface area (Å²) >= 11 is 6.02. The molecule has 2 aromatic carbocycles. The maximum Gasteiger partial charge on any atom is 0.228 e. The Balaban J connectivity index is 2.01. The van der Waals surface area contributed by atoms with Gasteiger partial charge in [0.05, 0.1) is 18.6 Å². The molecule has 0 saturated heterocycles. The van der Waals surface area contributed by atoms with Crippen molar-refractivity contribution in [1.29, 1.82) is 0 Å². The molecule has 0 aliphatic heterocycles. The number of amides is 1. The normalized spacial score (nSPS) is 10.0. The van der Waals surface area contributed by atoms with Crippen molar-refractivity contribution in [2.24, 2.45) is 0 Å². The van der Waals surface area contributed by atoms with Gasteiger partial charge in [-0.3, -0.25) is 4.79 Å². The smallest absolute Gasteiger partial charge is 0.228 e. The number of carbonyl (C=O) groups excluding carboxylic acids is 1. The van der Waals surface area contributed by atoms with Crippen molar-refractivity contribution in [3.8, 4) is 5.75 Å². The van der Waals surface area contributed by atoms with Crippen molar-refractivity contribution in [1.82, 2.24) is 0 Å². The molecule has 1 amide bonds. The van der Waals surface area contributed by atoms with Gasteiger partial charge < -0.3 is 10.1 Å². The summed E-state index contributed by atoms with van der Waals surface area (Å²) in [5.74, 6) is 0.529. The molecule has 0 atom stereocenters. The molecular formula is C15H14ClNO2. The van der Waals surface area contributed by atoms with Gasteiger partial charge in [-0.2, -0.15) is 0 Å². The second kappa shape index (κ2) is 6.25. The third-order valence-electron chi connectivity index (χ3n) is 2.64. The quantitative estimate of drug-likeness (QED) is 0.927. The van der Waals surface area contributed by atoms with E-state index < -0.39 is 0 Å². The average Bonchev–Trinajstić information content (AvgIpc) is 2.40. The monoisotopic (exact) mass is 275 g/mol. The first-order chi connectivity index (χ1) is 9.19. The fraction of sp³-hybridized carbons (Fsp3) is 0.133. The summed E-state index contributed by atoms with van der Waals surface area (Å²) in [7, 11) is 1.56. The van der Waals surface area contributed by atoms with Crippen LogP contribution in [0.3, 0.4) is 0 Å². The first-order valence-corrected chi connectivity index (χ1v) is 6.24. The molecule has 0 unspecified atom stereocenters. The summed E-state index contributed by atoms with van der Waals surface area (Å²) in [6.07, 6.45) is 0.276. The first-order valence-electron chi connectivity index (χ1n) is 5.86. The lowest BCUT2D eigenvalue weighted by Crippen LogP contribution is -2.14.